The van der Waals surface area contributed by atoms with E-state index >= 15 is 0 Å². The topological polar surface area (TPSA) is 6.25 Å². The minimum Gasteiger partial charge on any atom is -0.187 e. The van der Waals surface area contributed by atoms with Gasteiger partial charge < -0.3 is 0 Å². The monoisotopic (exact) mass is 129 g/mol. The van der Waals surface area contributed by atoms with Crippen molar-refractivity contribution in [3.05, 3.63) is 0 Å². The molecule has 0 N–H and O–H groups in total. The Labute approximate surface area is 57.8 Å². The first-order chi connectivity index (χ1) is 4.09. The Hall–Kier alpha value is -0.530. The highest BCUT2D eigenvalue weighted by atomic mass is 15.5. The van der Waals surface area contributed by atoms with Gasteiger partial charge in [0.05, 0.1) is 13.1 Å². The van der Waals surface area contributed by atoms with Crippen molar-refractivity contribution in [2.75, 3.05) is 14.1 Å². The summed E-state index contributed by atoms with van der Waals surface area (Å²) >= 11 is 0. The van der Waals surface area contributed by atoms with Gasteiger partial charge in [0.1, 0.15) is 0 Å². The van der Waals surface area contributed by atoms with Gasteiger partial charge in [0.15, 0.2) is 13.8 Å². The number of rotatable bonds is 3. The highest BCUT2D eigenvalue weighted by molar-refractivity contribution is 5.13. The van der Waals surface area contributed by atoms with E-state index in [1.54, 1.807) is 0 Å². The van der Waals surface area contributed by atoms with Gasteiger partial charge in [-0.2, -0.15) is 5.01 Å². The highest BCUT2D eigenvalue weighted by Crippen LogP contribution is 1.97. The summed E-state index contributed by atoms with van der Waals surface area (Å²) in [4.78, 5) is 0. The second kappa shape index (κ2) is 3.49. The van der Waals surface area contributed by atoms with Gasteiger partial charge >= 0.3 is 0 Å². The van der Waals surface area contributed by atoms with Gasteiger partial charge in [-0.25, -0.2) is 0 Å². The van der Waals surface area contributed by atoms with Crippen molar-refractivity contribution in [2.45, 2.75) is 26.3 Å². The third-order valence-corrected chi connectivity index (χ3v) is 1.77. The van der Waals surface area contributed by atoms with Gasteiger partial charge in [0.2, 0.25) is 0 Å². The van der Waals surface area contributed by atoms with Crippen LogP contribution in [0.5, 0.6) is 0 Å². The largest absolute Gasteiger partial charge is 0.187 e. The van der Waals surface area contributed by atoms with Crippen molar-refractivity contribution in [1.82, 2.24) is 5.01 Å². The molecule has 2 heteroatoms. The van der Waals surface area contributed by atoms with Crippen LogP contribution in [0.1, 0.15) is 20.3 Å². The number of hydrogen-bond donors (Lipinski definition) is 0. The zero-order valence-electron chi connectivity index (χ0n) is 6.89. The molecule has 0 unspecified atom stereocenters. The molecule has 0 aliphatic carbocycles. The normalized spacial score (nSPS) is 12.9. The van der Waals surface area contributed by atoms with Crippen LogP contribution < -0.4 is 0 Å². The number of nitrogens with zero attached hydrogens (tertiary/aromatic N) is 2. The Morgan fingerprint density at radius 1 is 1.67 bits per heavy atom. The van der Waals surface area contributed by atoms with Crippen molar-refractivity contribution in [1.29, 1.82) is 0 Å². The predicted octanol–water partition coefficient (Wildman–Crippen LogP) is 0.975. The van der Waals surface area contributed by atoms with Crippen LogP contribution in [0.2, 0.25) is 0 Å². The van der Waals surface area contributed by atoms with Crippen LogP contribution in [-0.4, -0.2) is 36.5 Å². The first-order valence-corrected chi connectivity index (χ1v) is 3.36. The lowest BCUT2D eigenvalue weighted by atomic mass is 10.3. The van der Waals surface area contributed by atoms with Crippen LogP contribution in [0.3, 0.4) is 0 Å². The van der Waals surface area contributed by atoms with Crippen molar-refractivity contribution in [3.63, 3.8) is 0 Å². The van der Waals surface area contributed by atoms with Gasteiger partial charge in [-0.1, -0.05) is 6.92 Å². The molecule has 0 aliphatic rings. The average molecular weight is 129 g/mol. The maximum atomic E-state index is 3.77. The first kappa shape index (κ1) is 8.47. The summed E-state index contributed by atoms with van der Waals surface area (Å²) in [5.74, 6) is 0. The molecular formula is C7H17N2+. The number of hydrazone groups is 1. The van der Waals surface area contributed by atoms with Crippen molar-refractivity contribution in [2.24, 2.45) is 0 Å². The zero-order valence-corrected chi connectivity index (χ0v) is 6.89. The summed E-state index contributed by atoms with van der Waals surface area (Å²) in [6.07, 6.45) is 1.16. The van der Waals surface area contributed by atoms with E-state index in [2.05, 4.69) is 25.6 Å². The Morgan fingerprint density at radius 2 is 2.11 bits per heavy atom. The summed E-state index contributed by atoms with van der Waals surface area (Å²) in [6, 6.07) is 0.590. The SMILES string of the molecule is C=[N+](C)N(C)[C@H](C)CC. The summed E-state index contributed by atoms with van der Waals surface area (Å²) in [7, 11) is 3.99. The fourth-order valence-electron chi connectivity index (χ4n) is 0.601. The lowest BCUT2D eigenvalue weighted by Gasteiger charge is -2.18. The van der Waals surface area contributed by atoms with Crippen molar-refractivity contribution < 1.29 is 4.68 Å². The molecule has 0 spiro atoms. The molecule has 2 nitrogen and oxygen atoms in total. The maximum Gasteiger partial charge on any atom is 0.161 e. The molecule has 0 aromatic heterocycles. The van der Waals surface area contributed by atoms with E-state index in [1.807, 2.05) is 18.8 Å². The van der Waals surface area contributed by atoms with Crippen LogP contribution in [0.25, 0.3) is 0 Å². The summed E-state index contributed by atoms with van der Waals surface area (Å²) in [5.41, 5.74) is 0. The second-order valence-electron chi connectivity index (χ2n) is 2.49. The van der Waals surface area contributed by atoms with Crippen LogP contribution in [0.4, 0.5) is 0 Å². The minimum atomic E-state index is 0.590. The molecule has 0 bridgehead atoms. The van der Waals surface area contributed by atoms with Gasteiger partial charge in [0.25, 0.3) is 0 Å². The quantitative estimate of drug-likeness (QED) is 0.313. The molecule has 0 fully saturated rings. The third kappa shape index (κ3) is 2.49. The molecule has 0 saturated carbocycles. The fraction of sp³-hybridized carbons (Fsp3) is 0.857. The van der Waals surface area contributed by atoms with E-state index in [0.717, 1.165) is 6.42 Å². The lowest BCUT2D eigenvalue weighted by molar-refractivity contribution is -0.662. The molecule has 0 radical (unpaired) electrons. The number of hydrogen-bond acceptors (Lipinski definition) is 1. The molecule has 0 heterocycles. The fourth-order valence-corrected chi connectivity index (χ4v) is 0.601. The van der Waals surface area contributed by atoms with Gasteiger partial charge in [-0.3, -0.25) is 0 Å². The minimum absolute atomic E-state index is 0.590. The van der Waals surface area contributed by atoms with Crippen LogP contribution in [-0.2, 0) is 0 Å². The van der Waals surface area contributed by atoms with Crippen molar-refractivity contribution >= 4 is 6.72 Å². The zero-order chi connectivity index (χ0) is 7.44. The van der Waals surface area contributed by atoms with Crippen LogP contribution in [0, 0.1) is 0 Å². The van der Waals surface area contributed by atoms with Crippen LogP contribution >= 0.6 is 0 Å². The van der Waals surface area contributed by atoms with E-state index in [9.17, 15) is 0 Å². The Kier molecular flexibility index (Phi) is 3.28. The van der Waals surface area contributed by atoms with Crippen molar-refractivity contribution in [3.8, 4) is 0 Å². The smallest absolute Gasteiger partial charge is 0.161 e. The predicted molar refractivity (Wildman–Crippen MR) is 40.8 cm³/mol. The average Bonchev–Trinajstić information content (AvgIpc) is 1.84. The van der Waals surface area contributed by atoms with E-state index in [4.69, 9.17) is 0 Å². The molecule has 9 heavy (non-hydrogen) atoms. The molecule has 0 rings (SSSR count). The molecular weight excluding hydrogens is 112 g/mol. The molecule has 0 saturated heterocycles. The van der Waals surface area contributed by atoms with E-state index in [1.165, 1.54) is 0 Å². The first-order valence-electron chi connectivity index (χ1n) is 3.36. The Morgan fingerprint density at radius 3 is 2.22 bits per heavy atom. The Balaban J connectivity index is 3.72. The second-order valence-corrected chi connectivity index (χ2v) is 2.49. The van der Waals surface area contributed by atoms with Gasteiger partial charge in [-0.05, 0) is 13.3 Å². The van der Waals surface area contributed by atoms with Gasteiger partial charge in [0, 0.05) is 0 Å². The highest BCUT2D eigenvalue weighted by Gasteiger charge is 2.09. The molecule has 54 valence electrons. The molecule has 0 aliphatic heterocycles. The molecule has 0 aromatic rings. The Bertz CT molecular complexity index is 99.1. The van der Waals surface area contributed by atoms with E-state index in [-0.39, 0.29) is 0 Å². The summed E-state index contributed by atoms with van der Waals surface area (Å²) in [5, 5.41) is 2.11. The van der Waals surface area contributed by atoms with Gasteiger partial charge in [-0.15, -0.1) is 4.68 Å². The molecule has 1 atom stereocenters. The lowest BCUT2D eigenvalue weighted by Crippen LogP contribution is -2.35. The standard InChI is InChI=1S/C7H17N2/c1-6-7(2)9(5)8(3)4/h7H,3,6H2,1-2,4-5H3/q+1/t7-/m1/s1. The number of hydrazine groups is 1. The van der Waals surface area contributed by atoms with Crippen LogP contribution in [0.15, 0.2) is 0 Å². The van der Waals surface area contributed by atoms with E-state index in [0.29, 0.717) is 6.04 Å². The maximum absolute atomic E-state index is 3.77. The van der Waals surface area contributed by atoms with E-state index < -0.39 is 0 Å². The summed E-state index contributed by atoms with van der Waals surface area (Å²) < 4.78 is 1.86. The molecule has 0 aromatic carbocycles. The summed E-state index contributed by atoms with van der Waals surface area (Å²) in [6.45, 7) is 8.12. The molecule has 0 amide bonds. The third-order valence-electron chi connectivity index (χ3n) is 1.77.